The largest absolute Gasteiger partial charge is 0.469 e. The molecule has 256 valence electrons. The Morgan fingerprint density at radius 1 is 1.13 bits per heavy atom. The maximum Gasteiger partial charge on any atom is 0.469 e. The molecule has 1 saturated heterocycles. The lowest BCUT2D eigenvalue weighted by Gasteiger charge is -2.28. The molecule has 0 aromatic heterocycles. The number of carbonyl (C=O) groups excluding carboxylic acids is 3. The molecule has 0 radical (unpaired) electrons. The Bertz CT molecular complexity index is 1380. The highest BCUT2D eigenvalue weighted by Crippen LogP contribution is 2.37. The predicted octanol–water partition coefficient (Wildman–Crippen LogP) is 4.76. The summed E-state index contributed by atoms with van der Waals surface area (Å²) < 4.78 is 50.2. The van der Waals surface area contributed by atoms with Gasteiger partial charge in [0.1, 0.15) is 29.1 Å². The van der Waals surface area contributed by atoms with Gasteiger partial charge in [-0.05, 0) is 65.7 Å². The van der Waals surface area contributed by atoms with Crippen LogP contribution in [-0.2, 0) is 37.6 Å². The first-order chi connectivity index (χ1) is 21.3. The number of hydrogen-bond acceptors (Lipinski definition) is 11. The average Bonchev–Trinajstić information content (AvgIpc) is 3.24. The zero-order chi connectivity index (χ0) is 34.4. The fourth-order valence-corrected chi connectivity index (χ4v) is 4.99. The van der Waals surface area contributed by atoms with Crippen LogP contribution in [0.2, 0.25) is 0 Å². The van der Waals surface area contributed by atoms with Gasteiger partial charge in [0.25, 0.3) is 0 Å². The zero-order valence-electron chi connectivity index (χ0n) is 27.4. The highest BCUT2D eigenvalue weighted by molar-refractivity contribution is 7.46. The lowest BCUT2D eigenvalue weighted by molar-refractivity contribution is -0.152. The highest BCUT2D eigenvalue weighted by atomic mass is 31.2. The first-order valence-corrected chi connectivity index (χ1v) is 16.3. The number of phosphoric acid groups is 1. The number of methoxy groups -OCH3 is 1. The second kappa shape index (κ2) is 15.2. The molecule has 14 nitrogen and oxygen atoms in total. The molecule has 3 rings (SSSR count). The van der Waals surface area contributed by atoms with Crippen LogP contribution >= 0.6 is 7.82 Å². The molecule has 1 aromatic carbocycles. The molecule has 4 atom stereocenters. The summed E-state index contributed by atoms with van der Waals surface area (Å²) in [5.74, 6) is -2.38. The third kappa shape index (κ3) is 10.7. The minimum absolute atomic E-state index is 0.00518. The number of phosphoric ester groups is 1. The molecule has 1 fully saturated rings. The van der Waals surface area contributed by atoms with E-state index in [-0.39, 0.29) is 54.0 Å². The Kier molecular flexibility index (Phi) is 12.3. The van der Waals surface area contributed by atoms with Crippen LogP contribution in [0.3, 0.4) is 0 Å². The molecule has 0 unspecified atom stereocenters. The zero-order valence-corrected chi connectivity index (χ0v) is 28.3. The summed E-state index contributed by atoms with van der Waals surface area (Å²) in [7, 11) is -3.45. The number of cyclic esters (lactones) is 1. The summed E-state index contributed by atoms with van der Waals surface area (Å²) in [6, 6.07) is 2.91. The first-order valence-electron chi connectivity index (χ1n) is 14.8. The van der Waals surface area contributed by atoms with Gasteiger partial charge in [-0.3, -0.25) is 14.2 Å². The second-order valence-electron chi connectivity index (χ2n) is 12.4. The number of ketones is 1. The van der Waals surface area contributed by atoms with E-state index in [1.165, 1.54) is 25.3 Å². The molecule has 0 aliphatic carbocycles. The summed E-state index contributed by atoms with van der Waals surface area (Å²) in [5.41, 5.74) is -0.458. The van der Waals surface area contributed by atoms with Crippen molar-refractivity contribution in [2.24, 2.45) is 5.92 Å². The number of carbonyl (C=O) groups is 3. The number of benzene rings is 1. The SMILES string of the molecule is COCOc1cc(N(CCOP(=O)(O)O)C(=O)OC(C)(C)C)cc2c1C(=O)O[C@@H](C)[C@H](C)/C=C\C(=O)[C@H]1OC(C)(C)O[C@H]1CC=C2. The van der Waals surface area contributed by atoms with Gasteiger partial charge < -0.3 is 38.2 Å². The molecular weight excluding hydrogens is 625 g/mol. The van der Waals surface area contributed by atoms with Crippen molar-refractivity contribution in [3.63, 3.8) is 0 Å². The summed E-state index contributed by atoms with van der Waals surface area (Å²) in [4.78, 5) is 59.7. The lowest BCUT2D eigenvalue weighted by Crippen LogP contribution is -2.39. The van der Waals surface area contributed by atoms with E-state index in [1.807, 2.05) is 0 Å². The van der Waals surface area contributed by atoms with E-state index in [0.717, 1.165) is 4.90 Å². The minimum atomic E-state index is -4.85. The lowest BCUT2D eigenvalue weighted by atomic mass is 9.99. The molecule has 0 saturated carbocycles. The fraction of sp³-hybridized carbons (Fsp3) is 0.581. The quantitative estimate of drug-likeness (QED) is 0.220. The molecule has 2 aliphatic heterocycles. The molecule has 0 bridgehead atoms. The number of anilines is 1. The number of fused-ring (bicyclic) bond motifs is 2. The highest BCUT2D eigenvalue weighted by Gasteiger charge is 2.43. The third-order valence-corrected chi connectivity index (χ3v) is 7.40. The van der Waals surface area contributed by atoms with Gasteiger partial charge in [-0.2, -0.15) is 0 Å². The van der Waals surface area contributed by atoms with Crippen molar-refractivity contribution in [2.75, 3.05) is 32.0 Å². The number of rotatable bonds is 8. The number of nitrogens with zero attached hydrogens (tertiary/aromatic N) is 1. The van der Waals surface area contributed by atoms with Gasteiger partial charge in [-0.1, -0.05) is 25.2 Å². The van der Waals surface area contributed by atoms with Gasteiger partial charge in [0.15, 0.2) is 18.4 Å². The van der Waals surface area contributed by atoms with Crippen molar-refractivity contribution in [3.05, 3.63) is 41.5 Å². The van der Waals surface area contributed by atoms with Crippen LogP contribution in [0.1, 0.15) is 70.8 Å². The molecule has 15 heteroatoms. The van der Waals surface area contributed by atoms with Gasteiger partial charge in [0, 0.05) is 19.1 Å². The number of hydrogen-bond donors (Lipinski definition) is 2. The van der Waals surface area contributed by atoms with Gasteiger partial charge in [-0.15, -0.1) is 0 Å². The molecule has 2 heterocycles. The number of amides is 1. The fourth-order valence-electron chi connectivity index (χ4n) is 4.67. The molecular formula is C31H44NO13P. The van der Waals surface area contributed by atoms with Gasteiger partial charge in [0.2, 0.25) is 0 Å². The Labute approximate surface area is 268 Å². The number of esters is 1. The van der Waals surface area contributed by atoms with E-state index in [0.29, 0.717) is 0 Å². The molecule has 1 aromatic rings. The second-order valence-corrected chi connectivity index (χ2v) is 13.6. The van der Waals surface area contributed by atoms with E-state index in [1.54, 1.807) is 66.7 Å². The van der Waals surface area contributed by atoms with Crippen LogP contribution in [0.4, 0.5) is 10.5 Å². The van der Waals surface area contributed by atoms with Gasteiger partial charge in [-0.25, -0.2) is 14.2 Å². The van der Waals surface area contributed by atoms with Crippen LogP contribution in [-0.4, -0.2) is 84.4 Å². The number of ether oxygens (including phenoxy) is 6. The van der Waals surface area contributed by atoms with Crippen molar-refractivity contribution in [1.29, 1.82) is 0 Å². The first kappa shape index (κ1) is 37.4. The normalized spacial score (nSPS) is 24.3. The third-order valence-electron chi connectivity index (χ3n) is 6.88. The maximum absolute atomic E-state index is 13.7. The van der Waals surface area contributed by atoms with Crippen molar-refractivity contribution in [1.82, 2.24) is 0 Å². The van der Waals surface area contributed by atoms with E-state index < -0.39 is 56.2 Å². The van der Waals surface area contributed by atoms with Gasteiger partial charge >= 0.3 is 19.9 Å². The average molecular weight is 670 g/mol. The topological polar surface area (TPSA) is 177 Å². The van der Waals surface area contributed by atoms with Crippen molar-refractivity contribution in [3.8, 4) is 5.75 Å². The molecule has 2 N–H and O–H groups in total. The molecule has 2 aliphatic rings. The Morgan fingerprint density at radius 2 is 1.83 bits per heavy atom. The predicted molar refractivity (Wildman–Crippen MR) is 166 cm³/mol. The summed E-state index contributed by atoms with van der Waals surface area (Å²) in [5, 5.41) is 0. The monoisotopic (exact) mass is 669 g/mol. The van der Waals surface area contributed by atoms with Crippen LogP contribution in [0.15, 0.2) is 30.4 Å². The van der Waals surface area contributed by atoms with Crippen LogP contribution in [0.25, 0.3) is 6.08 Å². The maximum atomic E-state index is 13.7. The van der Waals surface area contributed by atoms with Crippen molar-refractivity contribution in [2.45, 2.75) is 84.6 Å². The van der Waals surface area contributed by atoms with E-state index >= 15 is 0 Å². The van der Waals surface area contributed by atoms with Crippen molar-refractivity contribution < 1.29 is 61.7 Å². The van der Waals surface area contributed by atoms with Crippen LogP contribution in [0, 0.1) is 5.92 Å². The Hall–Kier alpha value is -3.10. The Morgan fingerprint density at radius 3 is 2.46 bits per heavy atom. The summed E-state index contributed by atoms with van der Waals surface area (Å²) >= 11 is 0. The van der Waals surface area contributed by atoms with Crippen LogP contribution < -0.4 is 9.64 Å². The van der Waals surface area contributed by atoms with Crippen LogP contribution in [0.5, 0.6) is 5.75 Å². The van der Waals surface area contributed by atoms with E-state index in [2.05, 4.69) is 4.52 Å². The van der Waals surface area contributed by atoms with Crippen molar-refractivity contribution >= 4 is 37.4 Å². The Balaban J connectivity index is 2.18. The molecule has 46 heavy (non-hydrogen) atoms. The summed E-state index contributed by atoms with van der Waals surface area (Å²) in [6.45, 7) is 10.8. The standard InChI is InChI=1S/C31H44NO13P/c1-19-12-13-23(33)27-24(43-31(6,7)44-27)11-9-10-21-16-22(17-25(40-18-39-8)26(21)28(34)42-20(19)2)32(14-15-41-46(36,37)38)29(35)45-30(3,4)5/h9-10,12-13,16-17,19-20,24,27H,11,14-15,18H2,1-8H3,(H2,36,37,38)/b10-9?,13-12-/t19-,20+,24+,27-/m1/s1. The van der Waals surface area contributed by atoms with E-state index in [9.17, 15) is 28.7 Å². The smallest absolute Gasteiger partial charge is 0.467 e. The summed E-state index contributed by atoms with van der Waals surface area (Å²) in [6.07, 6.45) is 3.58. The molecule has 0 spiro atoms. The van der Waals surface area contributed by atoms with Gasteiger partial charge in [0.05, 0.1) is 24.9 Å². The minimum Gasteiger partial charge on any atom is -0.467 e. The van der Waals surface area contributed by atoms with E-state index in [4.69, 9.17) is 28.4 Å². The molecule has 1 amide bonds.